The zero-order valence-electron chi connectivity index (χ0n) is 7.28. The van der Waals surface area contributed by atoms with E-state index in [1.54, 1.807) is 11.3 Å². The fraction of sp³-hybridized carbons (Fsp3) is 0.333. The first-order valence-electron chi connectivity index (χ1n) is 3.91. The number of thiophene rings is 1. The average Bonchev–Trinajstić information content (AvgIpc) is 2.55. The Morgan fingerprint density at radius 3 is 3.08 bits per heavy atom. The average molecular weight is 194 g/mol. The Balaban J connectivity index is 2.51. The Bertz CT molecular complexity index is 313. The van der Waals surface area contributed by atoms with Gasteiger partial charge in [0, 0.05) is 18.2 Å². The maximum atomic E-state index is 10.7. The molecular weight excluding hydrogens is 184 g/mol. The number of hydrogen-bond donors (Lipinski definition) is 1. The zero-order valence-corrected chi connectivity index (χ0v) is 8.10. The van der Waals surface area contributed by atoms with Crippen molar-refractivity contribution >= 4 is 17.2 Å². The number of nitrogens with one attached hydrogen (secondary N) is 1. The van der Waals surface area contributed by atoms with Gasteiger partial charge in [-0.15, -0.1) is 11.3 Å². The number of nitrogens with zero attached hydrogens (tertiary/aromatic N) is 1. The minimum atomic E-state index is -0.406. The third-order valence-corrected chi connectivity index (χ3v) is 2.42. The van der Waals surface area contributed by atoms with Gasteiger partial charge in [-0.1, -0.05) is 6.07 Å². The van der Waals surface area contributed by atoms with Crippen LogP contribution in [0.25, 0.3) is 0 Å². The van der Waals surface area contributed by atoms with Crippen LogP contribution in [0.1, 0.15) is 11.8 Å². The van der Waals surface area contributed by atoms with Crippen molar-refractivity contribution in [3.63, 3.8) is 0 Å². The van der Waals surface area contributed by atoms with Gasteiger partial charge in [-0.25, -0.2) is 0 Å². The van der Waals surface area contributed by atoms with E-state index in [9.17, 15) is 4.79 Å². The van der Waals surface area contributed by atoms with Gasteiger partial charge in [0.2, 0.25) is 5.91 Å². The molecule has 1 aromatic heterocycles. The number of amides is 1. The van der Waals surface area contributed by atoms with E-state index < -0.39 is 6.04 Å². The van der Waals surface area contributed by atoms with E-state index in [2.05, 4.69) is 5.32 Å². The molecule has 0 aliphatic rings. The van der Waals surface area contributed by atoms with Crippen LogP contribution in [0.15, 0.2) is 17.5 Å². The summed E-state index contributed by atoms with van der Waals surface area (Å²) in [5, 5.41) is 13.2. The Kier molecular flexibility index (Phi) is 3.47. The molecule has 1 aromatic rings. The fourth-order valence-electron chi connectivity index (χ4n) is 1.00. The summed E-state index contributed by atoms with van der Waals surface area (Å²) in [6.45, 7) is 1.42. The molecule has 0 aliphatic carbocycles. The third kappa shape index (κ3) is 3.26. The first kappa shape index (κ1) is 9.75. The molecule has 0 aromatic carbocycles. The molecule has 1 heterocycles. The molecule has 3 nitrogen and oxygen atoms in total. The lowest BCUT2D eigenvalue weighted by molar-refractivity contribution is -0.119. The van der Waals surface area contributed by atoms with Gasteiger partial charge < -0.3 is 5.32 Å². The van der Waals surface area contributed by atoms with Crippen LogP contribution in [0.3, 0.4) is 0 Å². The normalized spacial score (nSPS) is 11.7. The maximum Gasteiger partial charge on any atom is 0.217 e. The fourth-order valence-corrected chi connectivity index (χ4v) is 1.76. The summed E-state index contributed by atoms with van der Waals surface area (Å²) < 4.78 is 0. The second-order valence-electron chi connectivity index (χ2n) is 2.67. The highest BCUT2D eigenvalue weighted by Crippen LogP contribution is 2.10. The molecule has 0 saturated carbocycles. The lowest BCUT2D eigenvalue weighted by Gasteiger charge is -2.07. The van der Waals surface area contributed by atoms with Crippen LogP contribution in [0.4, 0.5) is 0 Å². The standard InChI is InChI=1S/C9H10N2OS/c1-7(12)11-8(6-10)5-9-3-2-4-13-9/h2-4,8H,5H2,1H3,(H,11,12)/t8-/m0/s1. The smallest absolute Gasteiger partial charge is 0.217 e. The van der Waals surface area contributed by atoms with Crippen LogP contribution in [0.2, 0.25) is 0 Å². The summed E-state index contributed by atoms with van der Waals surface area (Å²) in [6.07, 6.45) is 0.591. The van der Waals surface area contributed by atoms with Gasteiger partial charge in [0.05, 0.1) is 6.07 Å². The molecule has 0 fully saturated rings. The molecule has 4 heteroatoms. The van der Waals surface area contributed by atoms with Gasteiger partial charge >= 0.3 is 0 Å². The van der Waals surface area contributed by atoms with Gasteiger partial charge in [0.1, 0.15) is 6.04 Å². The van der Waals surface area contributed by atoms with Gasteiger partial charge in [-0.3, -0.25) is 4.79 Å². The first-order chi connectivity index (χ1) is 6.22. The summed E-state index contributed by atoms with van der Waals surface area (Å²) in [6, 6.07) is 5.53. The Morgan fingerprint density at radius 1 is 1.85 bits per heavy atom. The first-order valence-corrected chi connectivity index (χ1v) is 4.79. The molecule has 0 radical (unpaired) electrons. The summed E-state index contributed by atoms with van der Waals surface area (Å²) in [7, 11) is 0. The van der Waals surface area contributed by atoms with Crippen molar-refractivity contribution in [2.45, 2.75) is 19.4 Å². The van der Waals surface area contributed by atoms with Crippen molar-refractivity contribution in [1.82, 2.24) is 5.32 Å². The third-order valence-electron chi connectivity index (χ3n) is 1.52. The molecule has 13 heavy (non-hydrogen) atoms. The largest absolute Gasteiger partial charge is 0.340 e. The lowest BCUT2D eigenvalue weighted by Crippen LogP contribution is -2.33. The number of hydrogen-bond acceptors (Lipinski definition) is 3. The molecule has 1 rings (SSSR count). The van der Waals surface area contributed by atoms with E-state index in [0.717, 1.165) is 4.88 Å². The molecule has 0 aliphatic heterocycles. The number of carbonyl (C=O) groups excluding carboxylic acids is 1. The molecule has 1 atom stereocenters. The van der Waals surface area contributed by atoms with Crippen molar-refractivity contribution in [2.24, 2.45) is 0 Å². The molecule has 0 spiro atoms. The van der Waals surface area contributed by atoms with Crippen LogP contribution in [0.5, 0.6) is 0 Å². The predicted molar refractivity (Wildman–Crippen MR) is 51.2 cm³/mol. The Morgan fingerprint density at radius 2 is 2.62 bits per heavy atom. The van der Waals surface area contributed by atoms with Crippen LogP contribution in [0, 0.1) is 11.3 Å². The highest BCUT2D eigenvalue weighted by molar-refractivity contribution is 7.09. The van der Waals surface area contributed by atoms with Gasteiger partial charge in [-0.2, -0.15) is 5.26 Å². The maximum absolute atomic E-state index is 10.7. The van der Waals surface area contributed by atoms with Crippen molar-refractivity contribution in [3.8, 4) is 6.07 Å². The lowest BCUT2D eigenvalue weighted by atomic mass is 10.2. The van der Waals surface area contributed by atoms with Crippen molar-refractivity contribution in [3.05, 3.63) is 22.4 Å². The van der Waals surface area contributed by atoms with E-state index in [4.69, 9.17) is 5.26 Å². The number of carbonyl (C=O) groups is 1. The van der Waals surface area contributed by atoms with E-state index in [0.29, 0.717) is 6.42 Å². The van der Waals surface area contributed by atoms with Crippen molar-refractivity contribution in [2.75, 3.05) is 0 Å². The Hall–Kier alpha value is -1.34. The van der Waals surface area contributed by atoms with Crippen LogP contribution >= 0.6 is 11.3 Å². The highest BCUT2D eigenvalue weighted by atomic mass is 32.1. The van der Waals surface area contributed by atoms with Crippen molar-refractivity contribution < 1.29 is 4.79 Å². The quantitative estimate of drug-likeness (QED) is 0.789. The molecular formula is C9H10N2OS. The molecule has 0 bridgehead atoms. The monoisotopic (exact) mass is 194 g/mol. The Labute approximate surface area is 81.0 Å². The molecule has 1 N–H and O–H groups in total. The zero-order chi connectivity index (χ0) is 9.68. The van der Waals surface area contributed by atoms with Gasteiger partial charge in [0.25, 0.3) is 0 Å². The summed E-state index contributed by atoms with van der Waals surface area (Å²) in [5.74, 6) is -0.164. The van der Waals surface area contributed by atoms with Crippen LogP contribution in [-0.2, 0) is 11.2 Å². The molecule has 68 valence electrons. The SMILES string of the molecule is CC(=O)N[C@H](C#N)Cc1cccs1. The summed E-state index contributed by atoms with van der Waals surface area (Å²) >= 11 is 1.59. The van der Waals surface area contributed by atoms with Crippen LogP contribution in [-0.4, -0.2) is 11.9 Å². The van der Waals surface area contributed by atoms with Gasteiger partial charge in [-0.05, 0) is 11.4 Å². The number of nitriles is 1. The van der Waals surface area contributed by atoms with E-state index in [-0.39, 0.29) is 5.91 Å². The molecule has 0 unspecified atom stereocenters. The molecule has 0 saturated heterocycles. The number of rotatable bonds is 3. The van der Waals surface area contributed by atoms with Crippen molar-refractivity contribution in [1.29, 1.82) is 5.26 Å². The van der Waals surface area contributed by atoms with Crippen LogP contribution < -0.4 is 5.32 Å². The second-order valence-corrected chi connectivity index (χ2v) is 3.70. The molecule has 1 amide bonds. The summed E-state index contributed by atoms with van der Waals surface area (Å²) in [5.41, 5.74) is 0. The summed E-state index contributed by atoms with van der Waals surface area (Å²) in [4.78, 5) is 11.8. The van der Waals surface area contributed by atoms with E-state index >= 15 is 0 Å². The topological polar surface area (TPSA) is 52.9 Å². The highest BCUT2D eigenvalue weighted by Gasteiger charge is 2.09. The van der Waals surface area contributed by atoms with Gasteiger partial charge in [0.15, 0.2) is 0 Å². The van der Waals surface area contributed by atoms with E-state index in [1.807, 2.05) is 23.6 Å². The predicted octanol–water partition coefficient (Wildman–Crippen LogP) is 1.32. The second kappa shape index (κ2) is 4.63. The van der Waals surface area contributed by atoms with E-state index in [1.165, 1.54) is 6.92 Å². The minimum Gasteiger partial charge on any atom is -0.340 e. The minimum absolute atomic E-state index is 0.164.